The lowest BCUT2D eigenvalue weighted by molar-refractivity contribution is -0.141. The van der Waals surface area contributed by atoms with Gasteiger partial charge in [0.25, 0.3) is 0 Å². The van der Waals surface area contributed by atoms with Crippen LogP contribution in [0.4, 0.5) is 0 Å². The number of hydrogen-bond acceptors (Lipinski definition) is 5. The molecule has 5 nitrogen and oxygen atoms in total. The molecule has 0 saturated carbocycles. The first-order valence-corrected chi connectivity index (χ1v) is 8.18. The first-order chi connectivity index (χ1) is 11.4. The summed E-state index contributed by atoms with van der Waals surface area (Å²) in [7, 11) is 0. The Morgan fingerprint density at radius 3 is 2.79 bits per heavy atom. The third-order valence-electron chi connectivity index (χ3n) is 3.44. The molecule has 1 unspecified atom stereocenters. The summed E-state index contributed by atoms with van der Waals surface area (Å²) in [6.07, 6.45) is 0.967. The SMILES string of the molecule is O=C(O)CC1C(=O)S/C(=C/c2ccc(-c3cccc(Cl)c3)o2)C1=O. The third-order valence-corrected chi connectivity index (χ3v) is 4.70. The highest BCUT2D eigenvalue weighted by atomic mass is 35.5. The molecule has 122 valence electrons. The molecule has 1 N–H and O–H groups in total. The summed E-state index contributed by atoms with van der Waals surface area (Å²) in [6, 6.07) is 10.5. The summed E-state index contributed by atoms with van der Waals surface area (Å²) in [4.78, 5) is 34.9. The zero-order valence-corrected chi connectivity index (χ0v) is 13.8. The smallest absolute Gasteiger partial charge is 0.304 e. The van der Waals surface area contributed by atoms with Gasteiger partial charge in [-0.3, -0.25) is 14.4 Å². The van der Waals surface area contributed by atoms with Gasteiger partial charge in [0.05, 0.1) is 11.3 Å². The van der Waals surface area contributed by atoms with Gasteiger partial charge in [0.15, 0.2) is 5.78 Å². The van der Waals surface area contributed by atoms with Crippen LogP contribution in [0, 0.1) is 5.92 Å². The number of Topliss-reactive ketones (excluding diaryl/α,β-unsaturated/α-hetero) is 1. The lowest BCUT2D eigenvalue weighted by atomic mass is 10.0. The third kappa shape index (κ3) is 3.44. The van der Waals surface area contributed by atoms with Gasteiger partial charge < -0.3 is 9.52 Å². The van der Waals surface area contributed by atoms with Crippen molar-refractivity contribution in [3.63, 3.8) is 0 Å². The van der Waals surface area contributed by atoms with E-state index in [1.165, 1.54) is 6.08 Å². The van der Waals surface area contributed by atoms with Gasteiger partial charge in [-0.25, -0.2) is 0 Å². The predicted octanol–water partition coefficient (Wildman–Crippen LogP) is 3.87. The molecule has 1 fully saturated rings. The van der Waals surface area contributed by atoms with E-state index in [2.05, 4.69) is 0 Å². The molecule has 1 saturated heterocycles. The number of carboxylic acids is 1. The molecule has 0 bridgehead atoms. The van der Waals surface area contributed by atoms with Crippen molar-refractivity contribution in [3.8, 4) is 11.3 Å². The Hall–Kier alpha value is -2.31. The molecule has 0 amide bonds. The zero-order chi connectivity index (χ0) is 17.3. The normalized spacial score (nSPS) is 19.2. The summed E-state index contributed by atoms with van der Waals surface area (Å²) in [5.41, 5.74) is 0.789. The van der Waals surface area contributed by atoms with Gasteiger partial charge in [0, 0.05) is 10.6 Å². The van der Waals surface area contributed by atoms with Crippen molar-refractivity contribution in [3.05, 3.63) is 52.1 Å². The predicted molar refractivity (Wildman–Crippen MR) is 90.5 cm³/mol. The Kier molecular flexibility index (Phi) is 4.59. The Morgan fingerprint density at radius 1 is 1.29 bits per heavy atom. The second kappa shape index (κ2) is 6.67. The highest BCUT2D eigenvalue weighted by Crippen LogP contribution is 2.37. The van der Waals surface area contributed by atoms with Gasteiger partial charge in [-0.15, -0.1) is 0 Å². The van der Waals surface area contributed by atoms with E-state index in [0.717, 1.165) is 17.3 Å². The number of carbonyl (C=O) groups is 3. The summed E-state index contributed by atoms with van der Waals surface area (Å²) in [5, 5.41) is 8.90. The number of halogens is 1. The molecule has 2 aromatic rings. The molecule has 0 aliphatic carbocycles. The maximum absolute atomic E-state index is 12.1. The van der Waals surface area contributed by atoms with Crippen LogP contribution in [0.5, 0.6) is 0 Å². The second-order valence-corrected chi connectivity index (χ2v) is 6.64. The molecule has 1 atom stereocenters. The standard InChI is InChI=1S/C17H11ClO5S/c18-10-3-1-2-9(6-10)13-5-4-11(23-13)7-14-16(21)12(8-15(19)20)17(22)24-14/h1-7,12H,8H2,(H,19,20)/b14-7+. The molecule has 1 aliphatic rings. The number of carboxylic acid groups (broad SMARTS) is 1. The largest absolute Gasteiger partial charge is 0.481 e. The van der Waals surface area contributed by atoms with Gasteiger partial charge in [-0.05, 0) is 42.1 Å². The van der Waals surface area contributed by atoms with Crippen LogP contribution in [0.15, 0.2) is 45.7 Å². The van der Waals surface area contributed by atoms with E-state index in [9.17, 15) is 14.4 Å². The van der Waals surface area contributed by atoms with E-state index in [0.29, 0.717) is 16.5 Å². The fourth-order valence-corrected chi connectivity index (χ4v) is 3.47. The maximum atomic E-state index is 12.1. The van der Waals surface area contributed by atoms with Crippen LogP contribution >= 0.6 is 23.4 Å². The van der Waals surface area contributed by atoms with E-state index in [1.54, 1.807) is 30.3 Å². The number of hydrogen-bond donors (Lipinski definition) is 1. The number of carbonyl (C=O) groups excluding carboxylic acids is 2. The van der Waals surface area contributed by atoms with Crippen molar-refractivity contribution >= 4 is 46.3 Å². The van der Waals surface area contributed by atoms with E-state index in [1.807, 2.05) is 6.07 Å². The maximum Gasteiger partial charge on any atom is 0.304 e. The van der Waals surface area contributed by atoms with E-state index >= 15 is 0 Å². The molecule has 0 spiro atoms. The van der Waals surface area contributed by atoms with Gasteiger partial charge in [-0.2, -0.15) is 0 Å². The molecule has 24 heavy (non-hydrogen) atoms. The minimum absolute atomic E-state index is 0.193. The summed E-state index contributed by atoms with van der Waals surface area (Å²) < 4.78 is 5.66. The molecule has 1 aromatic heterocycles. The summed E-state index contributed by atoms with van der Waals surface area (Å²) in [6.45, 7) is 0. The Bertz CT molecular complexity index is 867. The van der Waals surface area contributed by atoms with Crippen LogP contribution in [0.25, 0.3) is 17.4 Å². The molecule has 1 aliphatic heterocycles. The van der Waals surface area contributed by atoms with Crippen molar-refractivity contribution < 1.29 is 23.9 Å². The van der Waals surface area contributed by atoms with Crippen LogP contribution in [0.2, 0.25) is 5.02 Å². The van der Waals surface area contributed by atoms with Gasteiger partial charge in [-0.1, -0.05) is 23.7 Å². The van der Waals surface area contributed by atoms with Crippen LogP contribution in [-0.2, 0) is 14.4 Å². The van der Waals surface area contributed by atoms with E-state index in [-0.39, 0.29) is 4.91 Å². The minimum Gasteiger partial charge on any atom is -0.481 e. The molecule has 2 heterocycles. The lowest BCUT2D eigenvalue weighted by Crippen LogP contribution is -2.18. The fraction of sp³-hybridized carbons (Fsp3) is 0.118. The quantitative estimate of drug-likeness (QED) is 0.656. The highest BCUT2D eigenvalue weighted by Gasteiger charge is 2.39. The number of thioether (sulfide) groups is 1. The topological polar surface area (TPSA) is 84.6 Å². The van der Waals surface area contributed by atoms with Crippen molar-refractivity contribution in [2.24, 2.45) is 5.92 Å². The first-order valence-electron chi connectivity index (χ1n) is 6.99. The monoisotopic (exact) mass is 362 g/mol. The number of furan rings is 1. The zero-order valence-electron chi connectivity index (χ0n) is 12.2. The molecule has 3 rings (SSSR count). The summed E-state index contributed by atoms with van der Waals surface area (Å²) >= 11 is 6.70. The highest BCUT2D eigenvalue weighted by molar-refractivity contribution is 8.18. The van der Waals surface area contributed by atoms with Crippen LogP contribution in [0.3, 0.4) is 0 Å². The lowest BCUT2D eigenvalue weighted by Gasteiger charge is -1.99. The van der Waals surface area contributed by atoms with E-state index in [4.69, 9.17) is 21.1 Å². The van der Waals surface area contributed by atoms with Crippen molar-refractivity contribution in [2.75, 3.05) is 0 Å². The molecular weight excluding hydrogens is 352 g/mol. The number of ketones is 1. The van der Waals surface area contributed by atoms with Crippen molar-refractivity contribution in [2.45, 2.75) is 6.42 Å². The van der Waals surface area contributed by atoms with Gasteiger partial charge in [0.2, 0.25) is 5.12 Å². The average Bonchev–Trinajstić information content (AvgIpc) is 3.08. The molecule has 1 aromatic carbocycles. The number of rotatable bonds is 4. The summed E-state index contributed by atoms with van der Waals surface area (Å²) in [5.74, 6) is -1.79. The number of benzene rings is 1. The van der Waals surface area contributed by atoms with Crippen molar-refractivity contribution in [1.82, 2.24) is 0 Å². The molecular formula is C17H11ClO5S. The van der Waals surface area contributed by atoms with Gasteiger partial charge in [0.1, 0.15) is 17.4 Å². The molecule has 7 heteroatoms. The number of allylic oxidation sites excluding steroid dienone is 1. The Labute approximate surface area is 146 Å². The van der Waals surface area contributed by atoms with Crippen LogP contribution in [0.1, 0.15) is 12.2 Å². The van der Waals surface area contributed by atoms with Crippen LogP contribution in [-0.4, -0.2) is 22.0 Å². The minimum atomic E-state index is -1.18. The first kappa shape index (κ1) is 16.5. The Morgan fingerprint density at radius 2 is 2.08 bits per heavy atom. The van der Waals surface area contributed by atoms with Crippen LogP contribution < -0.4 is 0 Å². The van der Waals surface area contributed by atoms with Crippen molar-refractivity contribution in [1.29, 1.82) is 0 Å². The van der Waals surface area contributed by atoms with Gasteiger partial charge >= 0.3 is 5.97 Å². The molecule has 0 radical (unpaired) electrons. The number of aliphatic carboxylic acids is 1. The fourth-order valence-electron chi connectivity index (χ4n) is 2.32. The second-order valence-electron chi connectivity index (χ2n) is 5.16. The van der Waals surface area contributed by atoms with E-state index < -0.39 is 29.2 Å². The Balaban J connectivity index is 1.84. The average molecular weight is 363 g/mol.